The van der Waals surface area contributed by atoms with E-state index in [2.05, 4.69) is 62.3 Å². The van der Waals surface area contributed by atoms with Crippen LogP contribution in [0.2, 0.25) is 15.1 Å². The van der Waals surface area contributed by atoms with Gasteiger partial charge in [-0.3, -0.25) is 0 Å². The Balaban J connectivity index is 6.28. The topological polar surface area (TPSA) is 18.5 Å². The first kappa shape index (κ1) is 19.6. The molecule has 0 spiro atoms. The molecule has 120 valence electrons. The number of hydrogen-bond donors (Lipinski definition) is 0. The molecule has 0 atom stereocenters. The van der Waals surface area contributed by atoms with E-state index in [1.165, 1.54) is 0 Å². The Hall–Kier alpha value is -0.443. The van der Waals surface area contributed by atoms with Crippen LogP contribution in [0.15, 0.2) is 11.5 Å². The van der Waals surface area contributed by atoms with Gasteiger partial charge in [0.15, 0.2) is 0 Å². The van der Waals surface area contributed by atoms with E-state index >= 15 is 0 Å². The smallest absolute Gasteiger partial charge is 0.271 e. The van der Waals surface area contributed by atoms with Crippen LogP contribution in [0.1, 0.15) is 76.2 Å². The second kappa shape index (κ2) is 5.74. The molecule has 0 saturated carbocycles. The Morgan fingerprint density at radius 1 is 0.700 bits per heavy atom. The molecule has 0 aromatic carbocycles. The Morgan fingerprint density at radius 2 is 1.00 bits per heavy atom. The lowest BCUT2D eigenvalue weighted by molar-refractivity contribution is 0.119. The van der Waals surface area contributed by atoms with Crippen LogP contribution >= 0.6 is 0 Å². The minimum absolute atomic E-state index is 0.0999. The van der Waals surface area contributed by atoms with Crippen molar-refractivity contribution < 1.29 is 9.16 Å². The zero-order chi connectivity index (χ0) is 16.6. The Bertz CT molecular complexity index is 322. The summed E-state index contributed by atoms with van der Waals surface area (Å²) in [7, 11) is -0.526. The van der Waals surface area contributed by atoms with Crippen LogP contribution in [0.25, 0.3) is 0 Å². The van der Waals surface area contributed by atoms with Crippen LogP contribution in [-0.4, -0.2) is 15.4 Å². The number of methoxy groups -OCH3 is 1. The van der Waals surface area contributed by atoms with E-state index in [4.69, 9.17) is 9.16 Å². The van der Waals surface area contributed by atoms with Crippen LogP contribution in [0.5, 0.6) is 0 Å². The highest BCUT2D eigenvalue weighted by molar-refractivity contribution is 6.82. The van der Waals surface area contributed by atoms with Crippen molar-refractivity contribution >= 4 is 8.32 Å². The molecular weight excluding hydrogens is 264 g/mol. The van der Waals surface area contributed by atoms with Gasteiger partial charge in [-0.15, -0.1) is 0 Å². The third-order valence-electron chi connectivity index (χ3n) is 4.01. The fraction of sp³-hybridized carbons (Fsp3) is 0.882. The average molecular weight is 301 g/mol. The summed E-state index contributed by atoms with van der Waals surface area (Å²) < 4.78 is 12.3. The molecule has 0 radical (unpaired) electrons. The van der Waals surface area contributed by atoms with E-state index in [0.717, 1.165) is 5.57 Å². The second-order valence-corrected chi connectivity index (χ2v) is 15.1. The van der Waals surface area contributed by atoms with Crippen molar-refractivity contribution in [3.05, 3.63) is 11.5 Å². The summed E-state index contributed by atoms with van der Waals surface area (Å²) in [5, 5.41) is 0.300. The van der Waals surface area contributed by atoms with E-state index in [1.54, 1.807) is 7.11 Å². The summed E-state index contributed by atoms with van der Waals surface area (Å²) in [4.78, 5) is 0. The molecule has 0 N–H and O–H groups in total. The van der Waals surface area contributed by atoms with Gasteiger partial charge in [-0.2, -0.15) is 0 Å². The first-order valence-electron chi connectivity index (χ1n) is 7.52. The van der Waals surface area contributed by atoms with Crippen molar-refractivity contribution in [2.24, 2.45) is 0 Å². The normalized spacial score (nSPS) is 14.0. The van der Waals surface area contributed by atoms with Crippen molar-refractivity contribution in [3.63, 3.8) is 0 Å². The Kier molecular flexibility index (Phi) is 5.62. The third-order valence-corrected chi connectivity index (χ3v) is 10.8. The molecule has 0 rings (SSSR count). The van der Waals surface area contributed by atoms with Gasteiger partial charge >= 0.3 is 0 Å². The van der Waals surface area contributed by atoms with Crippen molar-refractivity contribution in [2.45, 2.75) is 91.3 Å². The molecule has 0 heterocycles. The predicted octanol–water partition coefficient (Wildman–Crippen LogP) is 6.25. The van der Waals surface area contributed by atoms with Crippen molar-refractivity contribution in [1.29, 1.82) is 0 Å². The summed E-state index contributed by atoms with van der Waals surface area (Å²) >= 11 is 0. The lowest BCUT2D eigenvalue weighted by Gasteiger charge is -2.57. The van der Waals surface area contributed by atoms with Crippen LogP contribution in [-0.2, 0) is 9.16 Å². The van der Waals surface area contributed by atoms with Gasteiger partial charge in [-0.25, -0.2) is 0 Å². The van der Waals surface area contributed by atoms with Gasteiger partial charge in [0.1, 0.15) is 0 Å². The van der Waals surface area contributed by atoms with Crippen LogP contribution in [0, 0.1) is 0 Å². The van der Waals surface area contributed by atoms with E-state index in [9.17, 15) is 0 Å². The zero-order valence-electron chi connectivity index (χ0n) is 15.8. The van der Waals surface area contributed by atoms with Crippen molar-refractivity contribution in [1.82, 2.24) is 0 Å². The average Bonchev–Trinajstić information content (AvgIpc) is 2.11. The zero-order valence-corrected chi connectivity index (χ0v) is 16.8. The lowest BCUT2D eigenvalue weighted by Crippen LogP contribution is -2.60. The first-order valence-corrected chi connectivity index (χ1v) is 9.43. The maximum atomic E-state index is 6.74. The minimum atomic E-state index is -2.23. The second-order valence-electron chi connectivity index (χ2n) is 9.02. The fourth-order valence-electron chi connectivity index (χ4n) is 4.32. The Labute approximate surface area is 128 Å². The molecule has 0 amide bonds. The molecular formula is C17H36O2Si. The lowest BCUT2D eigenvalue weighted by atomic mass is 10.2. The summed E-state index contributed by atoms with van der Waals surface area (Å²) in [6.45, 7) is 24.9. The van der Waals surface area contributed by atoms with Gasteiger partial charge in [0.2, 0.25) is 0 Å². The van der Waals surface area contributed by atoms with Gasteiger partial charge in [0, 0.05) is 5.57 Å². The largest absolute Gasteiger partial charge is 0.517 e. The van der Waals surface area contributed by atoms with Gasteiger partial charge in [-0.05, 0) is 29.0 Å². The van der Waals surface area contributed by atoms with E-state index < -0.39 is 8.32 Å². The highest BCUT2D eigenvalue weighted by atomic mass is 28.4. The molecule has 0 saturated heterocycles. The van der Waals surface area contributed by atoms with Crippen LogP contribution in [0.3, 0.4) is 0 Å². The molecule has 2 nitrogen and oxygen atoms in total. The van der Waals surface area contributed by atoms with E-state index in [1.807, 2.05) is 13.8 Å². The predicted molar refractivity (Wildman–Crippen MR) is 91.4 cm³/mol. The molecule has 0 aromatic heterocycles. The molecule has 0 aromatic rings. The maximum Gasteiger partial charge on any atom is 0.271 e. The molecule has 0 fully saturated rings. The highest BCUT2D eigenvalue weighted by Crippen LogP contribution is 2.63. The highest BCUT2D eigenvalue weighted by Gasteiger charge is 2.64. The number of ether oxygens (including phenoxy) is 1. The first-order chi connectivity index (χ1) is 8.62. The molecule has 0 aliphatic rings. The Morgan fingerprint density at radius 3 is 1.15 bits per heavy atom. The van der Waals surface area contributed by atoms with Crippen LogP contribution < -0.4 is 0 Å². The molecule has 0 aliphatic carbocycles. The van der Waals surface area contributed by atoms with Crippen molar-refractivity contribution in [2.75, 3.05) is 7.11 Å². The van der Waals surface area contributed by atoms with Gasteiger partial charge in [0.05, 0.1) is 7.11 Å². The molecule has 20 heavy (non-hydrogen) atoms. The summed E-state index contributed by atoms with van der Waals surface area (Å²) in [5.74, 6) is 0.705. The number of allylic oxidation sites excluding steroid dienone is 1. The SMILES string of the molecule is COC(O[Si](C(C)(C)C)(C(C)(C)C)C(C)(C)C)=C(C)C. The monoisotopic (exact) mass is 300 g/mol. The van der Waals surface area contributed by atoms with Gasteiger partial charge in [0.25, 0.3) is 14.3 Å². The van der Waals surface area contributed by atoms with E-state index in [-0.39, 0.29) is 15.1 Å². The van der Waals surface area contributed by atoms with Crippen molar-refractivity contribution in [3.8, 4) is 0 Å². The molecule has 0 unspecified atom stereocenters. The third kappa shape index (κ3) is 3.41. The molecule has 0 aliphatic heterocycles. The fourth-order valence-corrected chi connectivity index (χ4v) is 12.6. The maximum absolute atomic E-state index is 6.74. The summed E-state index contributed by atoms with van der Waals surface area (Å²) in [6, 6.07) is 0. The molecule has 0 bridgehead atoms. The standard InChI is InChI=1S/C17H36O2Si/c1-13(2)14(18-12)19-20(15(3,4)5,16(6,7)8)17(9,10)11/h1-12H3. The number of rotatable bonds is 3. The van der Waals surface area contributed by atoms with Gasteiger partial charge in [-0.1, -0.05) is 62.3 Å². The van der Waals surface area contributed by atoms with E-state index in [0.29, 0.717) is 5.95 Å². The number of hydrogen-bond acceptors (Lipinski definition) is 2. The molecule has 3 heteroatoms. The van der Waals surface area contributed by atoms with Crippen LogP contribution in [0.4, 0.5) is 0 Å². The summed E-state index contributed by atoms with van der Waals surface area (Å²) in [5.41, 5.74) is 1.10. The summed E-state index contributed by atoms with van der Waals surface area (Å²) in [6.07, 6.45) is 0. The van der Waals surface area contributed by atoms with Gasteiger partial charge < -0.3 is 9.16 Å². The quantitative estimate of drug-likeness (QED) is 0.453. The minimum Gasteiger partial charge on any atom is -0.517 e.